The maximum Gasteiger partial charge on any atom is 0.303 e. The monoisotopic (exact) mass is 217 g/mol. The van der Waals surface area contributed by atoms with E-state index in [1.807, 2.05) is 11.8 Å². The highest BCUT2D eigenvalue weighted by atomic mass is 32.2. The number of aliphatic carboxylic acids is 1. The highest BCUT2D eigenvalue weighted by molar-refractivity contribution is 7.99. The van der Waals surface area contributed by atoms with Gasteiger partial charge in [0.25, 0.3) is 0 Å². The molecule has 1 aliphatic rings. The lowest BCUT2D eigenvalue weighted by Crippen LogP contribution is -2.29. The summed E-state index contributed by atoms with van der Waals surface area (Å²) in [6, 6.07) is 0.708. The van der Waals surface area contributed by atoms with Gasteiger partial charge < -0.3 is 10.4 Å². The number of rotatable bonds is 7. The van der Waals surface area contributed by atoms with Crippen molar-refractivity contribution in [3.05, 3.63) is 0 Å². The Morgan fingerprint density at radius 2 is 2.29 bits per heavy atom. The molecule has 0 aromatic carbocycles. The Hall–Kier alpha value is -0.220. The van der Waals surface area contributed by atoms with Crippen LogP contribution < -0.4 is 5.32 Å². The Bertz CT molecular complexity index is 170. The zero-order valence-corrected chi connectivity index (χ0v) is 9.31. The van der Waals surface area contributed by atoms with Gasteiger partial charge >= 0.3 is 5.97 Å². The molecule has 0 aliphatic carbocycles. The first-order valence-electron chi connectivity index (χ1n) is 5.32. The number of hydrogen-bond acceptors (Lipinski definition) is 3. The maximum atomic E-state index is 10.2. The highest BCUT2D eigenvalue weighted by Gasteiger charge is 2.13. The van der Waals surface area contributed by atoms with E-state index >= 15 is 0 Å². The second-order valence-electron chi connectivity index (χ2n) is 3.72. The number of hydrogen-bond donors (Lipinski definition) is 2. The summed E-state index contributed by atoms with van der Waals surface area (Å²) in [5.41, 5.74) is 0. The zero-order valence-electron chi connectivity index (χ0n) is 8.50. The second-order valence-corrected chi connectivity index (χ2v) is 4.87. The number of nitrogens with one attached hydrogen (secondary N) is 1. The van der Waals surface area contributed by atoms with Gasteiger partial charge in [-0.1, -0.05) is 6.42 Å². The van der Waals surface area contributed by atoms with E-state index in [4.69, 9.17) is 5.11 Å². The van der Waals surface area contributed by atoms with Crippen LogP contribution in [-0.2, 0) is 4.79 Å². The minimum Gasteiger partial charge on any atom is -0.481 e. The molecule has 0 aromatic heterocycles. The average Bonchev–Trinajstić information content (AvgIpc) is 2.63. The molecular formula is C10H19NO2S. The molecule has 1 atom stereocenters. The van der Waals surface area contributed by atoms with E-state index in [1.165, 1.54) is 17.9 Å². The van der Waals surface area contributed by atoms with E-state index in [-0.39, 0.29) is 0 Å². The summed E-state index contributed by atoms with van der Waals surface area (Å²) >= 11 is 2.01. The van der Waals surface area contributed by atoms with Crippen LogP contribution in [0.5, 0.6) is 0 Å². The molecule has 1 fully saturated rings. The SMILES string of the molecule is O=C(O)CCCCCNC1CCSC1. The first-order valence-corrected chi connectivity index (χ1v) is 6.47. The van der Waals surface area contributed by atoms with Gasteiger partial charge in [-0.25, -0.2) is 0 Å². The molecule has 82 valence electrons. The topological polar surface area (TPSA) is 49.3 Å². The van der Waals surface area contributed by atoms with E-state index in [1.54, 1.807) is 0 Å². The molecule has 4 heteroatoms. The molecule has 0 radical (unpaired) electrons. The molecule has 0 spiro atoms. The Kier molecular flexibility index (Phi) is 6.03. The van der Waals surface area contributed by atoms with Crippen molar-refractivity contribution in [3.8, 4) is 0 Å². The molecule has 1 saturated heterocycles. The van der Waals surface area contributed by atoms with Crippen molar-refractivity contribution in [1.29, 1.82) is 0 Å². The normalized spacial score (nSPS) is 21.3. The van der Waals surface area contributed by atoms with Crippen LogP contribution in [0.1, 0.15) is 32.1 Å². The quantitative estimate of drug-likeness (QED) is 0.638. The van der Waals surface area contributed by atoms with Gasteiger partial charge in [0.2, 0.25) is 0 Å². The Morgan fingerprint density at radius 1 is 1.43 bits per heavy atom. The lowest BCUT2D eigenvalue weighted by molar-refractivity contribution is -0.137. The fraction of sp³-hybridized carbons (Fsp3) is 0.900. The number of carboxylic acid groups (broad SMARTS) is 1. The summed E-state index contributed by atoms with van der Waals surface area (Å²) in [6.45, 7) is 1.05. The van der Waals surface area contributed by atoms with Crippen LogP contribution in [-0.4, -0.2) is 35.2 Å². The van der Waals surface area contributed by atoms with E-state index in [0.717, 1.165) is 25.8 Å². The van der Waals surface area contributed by atoms with Crippen molar-refractivity contribution in [1.82, 2.24) is 5.32 Å². The molecule has 0 bridgehead atoms. The Balaban J connectivity index is 1.82. The van der Waals surface area contributed by atoms with Gasteiger partial charge in [-0.05, 0) is 31.6 Å². The fourth-order valence-corrected chi connectivity index (χ4v) is 2.77. The minimum atomic E-state index is -0.676. The third-order valence-corrected chi connectivity index (χ3v) is 3.59. The molecule has 1 rings (SSSR count). The van der Waals surface area contributed by atoms with Crippen LogP contribution >= 0.6 is 11.8 Å². The molecule has 0 amide bonds. The Morgan fingerprint density at radius 3 is 2.93 bits per heavy atom. The van der Waals surface area contributed by atoms with Crippen LogP contribution in [0.25, 0.3) is 0 Å². The van der Waals surface area contributed by atoms with Crippen molar-refractivity contribution >= 4 is 17.7 Å². The molecule has 1 unspecified atom stereocenters. The fourth-order valence-electron chi connectivity index (χ4n) is 1.58. The number of carboxylic acids is 1. The smallest absolute Gasteiger partial charge is 0.303 e. The summed E-state index contributed by atoms with van der Waals surface area (Å²) in [4.78, 5) is 10.2. The predicted molar refractivity (Wildman–Crippen MR) is 59.8 cm³/mol. The summed E-state index contributed by atoms with van der Waals surface area (Å²) < 4.78 is 0. The number of carbonyl (C=O) groups is 1. The molecule has 0 saturated carbocycles. The van der Waals surface area contributed by atoms with Crippen molar-refractivity contribution in [2.75, 3.05) is 18.1 Å². The summed E-state index contributed by atoms with van der Waals surface area (Å²) in [7, 11) is 0. The van der Waals surface area contributed by atoms with Gasteiger partial charge in [0.1, 0.15) is 0 Å². The summed E-state index contributed by atoms with van der Waals surface area (Å²) in [6.07, 6.45) is 4.56. The van der Waals surface area contributed by atoms with Gasteiger partial charge in [0.15, 0.2) is 0 Å². The van der Waals surface area contributed by atoms with Crippen LogP contribution in [0.3, 0.4) is 0 Å². The Labute approximate surface area is 89.6 Å². The number of thioether (sulfide) groups is 1. The molecule has 0 aromatic rings. The third-order valence-electron chi connectivity index (χ3n) is 2.43. The van der Waals surface area contributed by atoms with Crippen LogP contribution in [0, 0.1) is 0 Å². The standard InChI is InChI=1S/C10H19NO2S/c12-10(13)4-2-1-3-6-11-9-5-7-14-8-9/h9,11H,1-8H2,(H,12,13). The van der Waals surface area contributed by atoms with Gasteiger partial charge in [-0.15, -0.1) is 0 Å². The number of unbranched alkanes of at least 4 members (excludes halogenated alkanes) is 2. The molecule has 2 N–H and O–H groups in total. The largest absolute Gasteiger partial charge is 0.481 e. The maximum absolute atomic E-state index is 10.2. The van der Waals surface area contributed by atoms with Gasteiger partial charge in [0.05, 0.1) is 0 Å². The summed E-state index contributed by atoms with van der Waals surface area (Å²) in [5, 5.41) is 11.9. The lowest BCUT2D eigenvalue weighted by atomic mass is 10.2. The molecular weight excluding hydrogens is 198 g/mol. The first-order chi connectivity index (χ1) is 6.79. The van der Waals surface area contributed by atoms with E-state index in [2.05, 4.69) is 5.32 Å². The highest BCUT2D eigenvalue weighted by Crippen LogP contribution is 2.16. The average molecular weight is 217 g/mol. The van der Waals surface area contributed by atoms with Crippen LogP contribution in [0.2, 0.25) is 0 Å². The molecule has 3 nitrogen and oxygen atoms in total. The molecule has 1 heterocycles. The van der Waals surface area contributed by atoms with Gasteiger partial charge in [0, 0.05) is 18.2 Å². The van der Waals surface area contributed by atoms with Crippen molar-refractivity contribution in [3.63, 3.8) is 0 Å². The minimum absolute atomic E-state index is 0.319. The van der Waals surface area contributed by atoms with Crippen LogP contribution in [0.15, 0.2) is 0 Å². The van der Waals surface area contributed by atoms with Gasteiger partial charge in [-0.2, -0.15) is 11.8 Å². The van der Waals surface area contributed by atoms with Crippen molar-refractivity contribution < 1.29 is 9.90 Å². The molecule has 1 aliphatic heterocycles. The van der Waals surface area contributed by atoms with Gasteiger partial charge in [-0.3, -0.25) is 4.79 Å². The lowest BCUT2D eigenvalue weighted by Gasteiger charge is -2.10. The van der Waals surface area contributed by atoms with Crippen molar-refractivity contribution in [2.45, 2.75) is 38.1 Å². The first kappa shape index (κ1) is 11.9. The van der Waals surface area contributed by atoms with E-state index in [0.29, 0.717) is 12.5 Å². The zero-order chi connectivity index (χ0) is 10.2. The second kappa shape index (κ2) is 7.12. The summed E-state index contributed by atoms with van der Waals surface area (Å²) in [5.74, 6) is 1.86. The molecule has 14 heavy (non-hydrogen) atoms. The third kappa shape index (κ3) is 5.50. The van der Waals surface area contributed by atoms with E-state index in [9.17, 15) is 4.79 Å². The predicted octanol–water partition coefficient (Wildman–Crippen LogP) is 1.73. The van der Waals surface area contributed by atoms with Crippen molar-refractivity contribution in [2.24, 2.45) is 0 Å². The van der Waals surface area contributed by atoms with E-state index < -0.39 is 5.97 Å². The van der Waals surface area contributed by atoms with Crippen LogP contribution in [0.4, 0.5) is 0 Å².